The van der Waals surface area contributed by atoms with Gasteiger partial charge in [0.05, 0.1) is 27.8 Å². The van der Waals surface area contributed by atoms with Crippen LogP contribution in [0.5, 0.6) is 0 Å². The molecule has 1 fully saturated rings. The van der Waals surface area contributed by atoms with Crippen LogP contribution in [-0.2, 0) is 28.4 Å². The minimum atomic E-state index is -1.76. The zero-order valence-corrected chi connectivity index (χ0v) is 32.1. The predicted molar refractivity (Wildman–Crippen MR) is 208 cm³/mol. The minimum Gasteiger partial charge on any atom is -0.459 e. The van der Waals surface area contributed by atoms with Gasteiger partial charge < -0.3 is 28.4 Å². The van der Waals surface area contributed by atoms with Gasteiger partial charge in [-0.2, -0.15) is 0 Å². The highest BCUT2D eigenvalue weighted by Gasteiger charge is 2.54. The molecule has 0 saturated carbocycles. The minimum absolute atomic E-state index is 0.134. The molecule has 57 heavy (non-hydrogen) atoms. The summed E-state index contributed by atoms with van der Waals surface area (Å²) in [4.78, 5) is 68.6. The largest absolute Gasteiger partial charge is 0.459 e. The van der Waals surface area contributed by atoms with Gasteiger partial charge in [-0.15, -0.1) is 0 Å². The van der Waals surface area contributed by atoms with E-state index in [0.717, 1.165) is 27.8 Å². The van der Waals surface area contributed by atoms with Crippen LogP contribution in [0.1, 0.15) is 79.6 Å². The Bertz CT molecular complexity index is 2210. The molecule has 1 saturated heterocycles. The van der Waals surface area contributed by atoms with E-state index in [9.17, 15) is 24.0 Å². The maximum atomic E-state index is 13.9. The molecule has 0 N–H and O–H groups in total. The topological polar surface area (TPSA) is 141 Å². The standard InChI is InChI=1S/C46H42O11/c1-27-6-16-32(17-7-27)41(47)52-26-37-38(54-42(48)33-18-8-28(2)9-19-33)39(55-43(49)34-20-10-29(3)11-21-34)40(56-44(50)35-22-12-30(4)13-23-35)46(53-37)57-45(51)36-24-14-31(5)15-25-36/h6-25,37-40,46H,26H2,1-5H3/t37-,38-,39+,40-,46-/m0/s1. The van der Waals surface area contributed by atoms with Gasteiger partial charge >= 0.3 is 29.8 Å². The average Bonchev–Trinajstić information content (AvgIpc) is 3.20. The number of aryl methyl sites for hydroxylation is 5. The van der Waals surface area contributed by atoms with Crippen LogP contribution in [0, 0.1) is 34.6 Å². The molecule has 1 aliphatic rings. The summed E-state index contributed by atoms with van der Waals surface area (Å²) in [5.41, 5.74) is 5.27. The first-order valence-electron chi connectivity index (χ1n) is 18.3. The number of hydrogen-bond donors (Lipinski definition) is 0. The number of carbonyl (C=O) groups excluding carboxylic acids is 5. The molecule has 0 bridgehead atoms. The lowest BCUT2D eigenvalue weighted by molar-refractivity contribution is -0.282. The van der Waals surface area contributed by atoms with Crippen LogP contribution in [0.4, 0.5) is 0 Å². The van der Waals surface area contributed by atoms with E-state index >= 15 is 0 Å². The molecule has 0 radical (unpaired) electrons. The van der Waals surface area contributed by atoms with Crippen molar-refractivity contribution >= 4 is 29.8 Å². The van der Waals surface area contributed by atoms with Gasteiger partial charge in [0.25, 0.3) is 0 Å². The Labute approximate surface area is 330 Å². The van der Waals surface area contributed by atoms with Crippen LogP contribution in [0.3, 0.4) is 0 Å². The zero-order valence-electron chi connectivity index (χ0n) is 32.1. The monoisotopic (exact) mass is 770 g/mol. The van der Waals surface area contributed by atoms with Gasteiger partial charge in [-0.3, -0.25) is 0 Å². The highest BCUT2D eigenvalue weighted by atomic mass is 16.7. The van der Waals surface area contributed by atoms with Crippen molar-refractivity contribution in [3.05, 3.63) is 177 Å². The molecule has 0 aliphatic carbocycles. The summed E-state index contributed by atoms with van der Waals surface area (Å²) in [6.07, 6.45) is -8.14. The summed E-state index contributed by atoms with van der Waals surface area (Å²) in [6, 6.07) is 32.8. The normalized spacial score (nSPS) is 18.8. The molecular weight excluding hydrogens is 728 g/mol. The number of carbonyl (C=O) groups is 5. The van der Waals surface area contributed by atoms with Crippen molar-refractivity contribution in [2.45, 2.75) is 65.3 Å². The van der Waals surface area contributed by atoms with Crippen LogP contribution in [-0.4, -0.2) is 67.2 Å². The second-order valence-electron chi connectivity index (χ2n) is 14.0. The lowest BCUT2D eigenvalue weighted by Gasteiger charge is -2.43. The third-order valence-electron chi connectivity index (χ3n) is 9.36. The summed E-state index contributed by atoms with van der Waals surface area (Å²) in [7, 11) is 0. The van der Waals surface area contributed by atoms with Crippen molar-refractivity contribution in [2.24, 2.45) is 0 Å². The Morgan fingerprint density at radius 3 is 1.02 bits per heavy atom. The second-order valence-corrected chi connectivity index (χ2v) is 14.0. The van der Waals surface area contributed by atoms with Crippen LogP contribution in [0.25, 0.3) is 0 Å². The fourth-order valence-corrected chi connectivity index (χ4v) is 5.95. The summed E-state index contributed by atoms with van der Waals surface area (Å²) in [5, 5.41) is 0. The van der Waals surface area contributed by atoms with E-state index in [1.54, 1.807) is 121 Å². The number of ether oxygens (including phenoxy) is 6. The van der Waals surface area contributed by atoms with E-state index in [2.05, 4.69) is 0 Å². The maximum absolute atomic E-state index is 13.9. The number of rotatable bonds is 11. The first-order valence-corrected chi connectivity index (χ1v) is 18.3. The highest BCUT2D eigenvalue weighted by Crippen LogP contribution is 2.32. The van der Waals surface area contributed by atoms with Gasteiger partial charge in [0.1, 0.15) is 12.7 Å². The van der Waals surface area contributed by atoms with Gasteiger partial charge in [-0.05, 0) is 95.3 Å². The Kier molecular flexibility index (Phi) is 12.6. The van der Waals surface area contributed by atoms with Gasteiger partial charge in [0.2, 0.25) is 12.4 Å². The molecule has 11 nitrogen and oxygen atoms in total. The summed E-state index contributed by atoms with van der Waals surface area (Å²) >= 11 is 0. The molecule has 1 aliphatic heterocycles. The second kappa shape index (κ2) is 17.9. The van der Waals surface area contributed by atoms with Crippen molar-refractivity contribution < 1.29 is 52.4 Å². The van der Waals surface area contributed by atoms with Crippen molar-refractivity contribution in [3.8, 4) is 0 Å². The molecule has 0 aromatic heterocycles. The van der Waals surface area contributed by atoms with Crippen molar-refractivity contribution in [1.29, 1.82) is 0 Å². The van der Waals surface area contributed by atoms with E-state index in [4.69, 9.17) is 28.4 Å². The molecule has 0 spiro atoms. The van der Waals surface area contributed by atoms with Gasteiger partial charge in [0, 0.05) is 0 Å². The lowest BCUT2D eigenvalue weighted by atomic mass is 9.97. The van der Waals surface area contributed by atoms with Crippen LogP contribution < -0.4 is 0 Å². The van der Waals surface area contributed by atoms with Gasteiger partial charge in [0.15, 0.2) is 12.2 Å². The molecule has 0 unspecified atom stereocenters. The summed E-state index contributed by atoms with van der Waals surface area (Å²) in [6.45, 7) is 8.72. The van der Waals surface area contributed by atoms with Crippen LogP contribution in [0.15, 0.2) is 121 Å². The third-order valence-corrected chi connectivity index (χ3v) is 9.36. The molecule has 5 aromatic carbocycles. The molecular formula is C46H42O11. The van der Waals surface area contributed by atoms with Gasteiger partial charge in [-0.25, -0.2) is 24.0 Å². The van der Waals surface area contributed by atoms with E-state index in [1.807, 2.05) is 34.6 Å². The fraction of sp³-hybridized carbons (Fsp3) is 0.239. The lowest BCUT2D eigenvalue weighted by Crippen LogP contribution is -2.63. The van der Waals surface area contributed by atoms with Crippen molar-refractivity contribution in [2.75, 3.05) is 6.61 Å². The Balaban J connectivity index is 1.43. The first-order chi connectivity index (χ1) is 27.3. The SMILES string of the molecule is Cc1ccc(C(=O)OC[C@@H]2O[C@@H](OC(=O)c3ccc(C)cc3)[C@@H](OC(=O)c3ccc(C)cc3)[C@H](OC(=O)c3ccc(C)cc3)[C@H]2OC(=O)c2ccc(C)cc2)cc1. The average molecular weight is 771 g/mol. The van der Waals surface area contributed by atoms with E-state index in [-0.39, 0.29) is 27.8 Å². The van der Waals surface area contributed by atoms with E-state index < -0.39 is 67.2 Å². The van der Waals surface area contributed by atoms with Crippen molar-refractivity contribution in [3.63, 3.8) is 0 Å². The van der Waals surface area contributed by atoms with Crippen molar-refractivity contribution in [1.82, 2.24) is 0 Å². The molecule has 6 rings (SSSR count). The summed E-state index contributed by atoms with van der Waals surface area (Å²) in [5.74, 6) is -4.16. The maximum Gasteiger partial charge on any atom is 0.340 e. The molecule has 5 aromatic rings. The predicted octanol–water partition coefficient (Wildman–Crippen LogP) is 7.64. The molecule has 292 valence electrons. The number of esters is 5. The Morgan fingerprint density at radius 1 is 0.386 bits per heavy atom. The number of benzene rings is 5. The Morgan fingerprint density at radius 2 is 0.667 bits per heavy atom. The summed E-state index contributed by atoms with van der Waals surface area (Å²) < 4.78 is 36.1. The van der Waals surface area contributed by atoms with Crippen LogP contribution >= 0.6 is 0 Å². The van der Waals surface area contributed by atoms with E-state index in [1.165, 1.54) is 0 Å². The molecule has 11 heteroatoms. The molecule has 5 atom stereocenters. The molecule has 0 amide bonds. The smallest absolute Gasteiger partial charge is 0.340 e. The third kappa shape index (κ3) is 10.2. The van der Waals surface area contributed by atoms with Gasteiger partial charge in [-0.1, -0.05) is 88.5 Å². The first kappa shape index (κ1) is 40.1. The molecule has 1 heterocycles. The number of hydrogen-bond acceptors (Lipinski definition) is 11. The van der Waals surface area contributed by atoms with E-state index in [0.29, 0.717) is 0 Å². The quantitative estimate of drug-likeness (QED) is 0.0967. The fourth-order valence-electron chi connectivity index (χ4n) is 5.95. The van der Waals surface area contributed by atoms with Crippen LogP contribution in [0.2, 0.25) is 0 Å². The highest BCUT2D eigenvalue weighted by molar-refractivity contribution is 5.92. The zero-order chi connectivity index (χ0) is 40.6. The Hall–Kier alpha value is -6.59.